The van der Waals surface area contributed by atoms with Crippen LogP contribution in [0.2, 0.25) is 0 Å². The molecule has 7 nitrogen and oxygen atoms in total. The monoisotopic (exact) mass is 254 g/mol. The second-order valence-corrected chi connectivity index (χ2v) is 4.96. The maximum Gasteiger partial charge on any atom is 0.241 e. The molecule has 0 spiro atoms. The molecule has 0 bridgehead atoms. The average Bonchev–Trinajstić information content (AvgIpc) is 2.30. The molecule has 0 atom stereocenters. The third-order valence-corrected chi connectivity index (χ3v) is 3.96. The van der Waals surface area contributed by atoms with Gasteiger partial charge < -0.3 is 20.7 Å². The lowest BCUT2D eigenvalue weighted by Crippen LogP contribution is -2.59. The Morgan fingerprint density at radius 2 is 2.11 bits per heavy atom. The van der Waals surface area contributed by atoms with E-state index in [1.165, 1.54) is 4.90 Å². The Labute approximate surface area is 105 Å². The SMILES string of the molecule is CN1CCN(C(=O)C2(C(N)=NO)CCC2)CC1=O. The molecule has 18 heavy (non-hydrogen) atoms. The van der Waals surface area contributed by atoms with Crippen LogP contribution in [0.4, 0.5) is 0 Å². The number of hydrogen-bond acceptors (Lipinski definition) is 4. The zero-order valence-electron chi connectivity index (χ0n) is 10.4. The number of amidine groups is 1. The van der Waals surface area contributed by atoms with Crippen LogP contribution in [0.15, 0.2) is 5.16 Å². The molecule has 3 N–H and O–H groups in total. The Kier molecular flexibility index (Phi) is 3.14. The molecule has 1 aliphatic carbocycles. The molecule has 7 heteroatoms. The van der Waals surface area contributed by atoms with Crippen molar-refractivity contribution in [3.8, 4) is 0 Å². The zero-order valence-corrected chi connectivity index (χ0v) is 10.4. The van der Waals surface area contributed by atoms with Crippen molar-refractivity contribution in [1.29, 1.82) is 0 Å². The third kappa shape index (κ3) is 1.79. The fourth-order valence-corrected chi connectivity index (χ4v) is 2.44. The molecule has 2 aliphatic rings. The first-order valence-electron chi connectivity index (χ1n) is 6.02. The van der Waals surface area contributed by atoms with Gasteiger partial charge in [-0.3, -0.25) is 9.59 Å². The van der Waals surface area contributed by atoms with Gasteiger partial charge in [0, 0.05) is 20.1 Å². The summed E-state index contributed by atoms with van der Waals surface area (Å²) in [7, 11) is 1.72. The normalized spacial score (nSPS) is 23.8. The highest BCUT2D eigenvalue weighted by atomic mass is 16.4. The Bertz CT molecular complexity index is 403. The summed E-state index contributed by atoms with van der Waals surface area (Å²) in [5.41, 5.74) is 4.76. The molecular weight excluding hydrogens is 236 g/mol. The molecule has 2 fully saturated rings. The lowest BCUT2D eigenvalue weighted by atomic mass is 9.66. The van der Waals surface area contributed by atoms with Crippen molar-refractivity contribution in [2.24, 2.45) is 16.3 Å². The van der Waals surface area contributed by atoms with Gasteiger partial charge in [-0.2, -0.15) is 0 Å². The smallest absolute Gasteiger partial charge is 0.241 e. The maximum atomic E-state index is 12.4. The summed E-state index contributed by atoms with van der Waals surface area (Å²) in [6.45, 7) is 1.11. The van der Waals surface area contributed by atoms with Gasteiger partial charge in [0.05, 0.1) is 6.54 Å². The van der Waals surface area contributed by atoms with Crippen molar-refractivity contribution < 1.29 is 14.8 Å². The number of hydrogen-bond donors (Lipinski definition) is 2. The van der Waals surface area contributed by atoms with E-state index < -0.39 is 5.41 Å². The summed E-state index contributed by atoms with van der Waals surface area (Å²) >= 11 is 0. The van der Waals surface area contributed by atoms with E-state index in [4.69, 9.17) is 10.9 Å². The Balaban J connectivity index is 2.14. The van der Waals surface area contributed by atoms with Crippen LogP contribution in [-0.2, 0) is 9.59 Å². The molecule has 2 amide bonds. The minimum Gasteiger partial charge on any atom is -0.409 e. The highest BCUT2D eigenvalue weighted by Crippen LogP contribution is 2.42. The average molecular weight is 254 g/mol. The Morgan fingerprint density at radius 1 is 1.44 bits per heavy atom. The van der Waals surface area contributed by atoms with E-state index in [1.54, 1.807) is 11.9 Å². The Hall–Kier alpha value is -1.79. The number of oxime groups is 1. The van der Waals surface area contributed by atoms with Crippen LogP contribution in [0, 0.1) is 5.41 Å². The number of rotatable bonds is 2. The molecule has 0 aromatic heterocycles. The highest BCUT2D eigenvalue weighted by molar-refractivity contribution is 6.08. The van der Waals surface area contributed by atoms with Crippen molar-refractivity contribution in [2.45, 2.75) is 19.3 Å². The van der Waals surface area contributed by atoms with Gasteiger partial charge in [-0.15, -0.1) is 0 Å². The van der Waals surface area contributed by atoms with E-state index in [-0.39, 0.29) is 24.2 Å². The highest BCUT2D eigenvalue weighted by Gasteiger charge is 2.50. The van der Waals surface area contributed by atoms with E-state index in [2.05, 4.69) is 5.16 Å². The van der Waals surface area contributed by atoms with Crippen LogP contribution < -0.4 is 5.73 Å². The van der Waals surface area contributed by atoms with E-state index >= 15 is 0 Å². The molecule has 0 aromatic rings. The van der Waals surface area contributed by atoms with E-state index in [1.807, 2.05) is 0 Å². The fourth-order valence-electron chi connectivity index (χ4n) is 2.44. The lowest BCUT2D eigenvalue weighted by molar-refractivity contribution is -0.151. The molecule has 1 saturated carbocycles. The molecule has 1 aliphatic heterocycles. The van der Waals surface area contributed by atoms with Gasteiger partial charge in [0.2, 0.25) is 11.8 Å². The fraction of sp³-hybridized carbons (Fsp3) is 0.727. The number of carbonyl (C=O) groups is 2. The van der Waals surface area contributed by atoms with Crippen LogP contribution in [0.25, 0.3) is 0 Å². The van der Waals surface area contributed by atoms with E-state index in [0.717, 1.165) is 6.42 Å². The summed E-state index contributed by atoms with van der Waals surface area (Å²) < 4.78 is 0. The second-order valence-electron chi connectivity index (χ2n) is 4.96. The van der Waals surface area contributed by atoms with Crippen molar-refractivity contribution in [3.63, 3.8) is 0 Å². The van der Waals surface area contributed by atoms with Gasteiger partial charge in [0.1, 0.15) is 5.41 Å². The van der Waals surface area contributed by atoms with Crippen molar-refractivity contribution >= 4 is 17.6 Å². The lowest BCUT2D eigenvalue weighted by Gasteiger charge is -2.43. The standard InChI is InChI=1S/C11H18N4O3/c1-14-5-6-15(7-8(14)16)10(17)11(3-2-4-11)9(12)13-18/h18H,2-7H2,1H3,(H2,12,13). The van der Waals surface area contributed by atoms with Gasteiger partial charge in [-0.25, -0.2) is 0 Å². The summed E-state index contributed by atoms with van der Waals surface area (Å²) in [5.74, 6) is -0.306. The van der Waals surface area contributed by atoms with Gasteiger partial charge >= 0.3 is 0 Å². The molecular formula is C11H18N4O3. The van der Waals surface area contributed by atoms with Gasteiger partial charge in [0.25, 0.3) is 0 Å². The topological polar surface area (TPSA) is 99.2 Å². The molecule has 0 aromatic carbocycles. The molecule has 2 rings (SSSR count). The first kappa shape index (κ1) is 12.7. The molecule has 1 saturated heterocycles. The minimum absolute atomic E-state index is 0.0369. The molecule has 1 heterocycles. The van der Waals surface area contributed by atoms with E-state index in [9.17, 15) is 9.59 Å². The van der Waals surface area contributed by atoms with E-state index in [0.29, 0.717) is 25.9 Å². The van der Waals surface area contributed by atoms with Crippen molar-refractivity contribution in [1.82, 2.24) is 9.80 Å². The number of nitrogens with two attached hydrogens (primary N) is 1. The number of likely N-dealkylation sites (N-methyl/N-ethyl adjacent to an activating group) is 1. The number of amides is 2. The van der Waals surface area contributed by atoms with Crippen LogP contribution >= 0.6 is 0 Å². The van der Waals surface area contributed by atoms with Crippen LogP contribution in [0.5, 0.6) is 0 Å². The second kappa shape index (κ2) is 4.47. The first-order valence-corrected chi connectivity index (χ1v) is 6.02. The van der Waals surface area contributed by atoms with Crippen molar-refractivity contribution in [2.75, 3.05) is 26.7 Å². The predicted molar refractivity (Wildman–Crippen MR) is 63.9 cm³/mol. The molecule has 0 unspecified atom stereocenters. The number of piperazine rings is 1. The minimum atomic E-state index is -0.884. The summed E-state index contributed by atoms with van der Waals surface area (Å²) in [6.07, 6.45) is 2.05. The first-order chi connectivity index (χ1) is 8.51. The molecule has 100 valence electrons. The van der Waals surface area contributed by atoms with Gasteiger partial charge in [0.15, 0.2) is 5.84 Å². The zero-order chi connectivity index (χ0) is 13.3. The van der Waals surface area contributed by atoms with Crippen LogP contribution in [-0.4, -0.2) is 59.3 Å². The van der Waals surface area contributed by atoms with Crippen molar-refractivity contribution in [3.05, 3.63) is 0 Å². The molecule has 0 radical (unpaired) electrons. The number of carbonyl (C=O) groups excluding carboxylic acids is 2. The van der Waals surface area contributed by atoms with Gasteiger partial charge in [-0.1, -0.05) is 11.6 Å². The summed E-state index contributed by atoms with van der Waals surface area (Å²) in [5, 5.41) is 11.8. The third-order valence-electron chi connectivity index (χ3n) is 3.96. The summed E-state index contributed by atoms with van der Waals surface area (Å²) in [4.78, 5) is 27.2. The van der Waals surface area contributed by atoms with Gasteiger partial charge in [-0.05, 0) is 12.8 Å². The maximum absolute atomic E-state index is 12.4. The largest absolute Gasteiger partial charge is 0.409 e. The van der Waals surface area contributed by atoms with Crippen LogP contribution in [0.3, 0.4) is 0 Å². The predicted octanol–water partition coefficient (Wildman–Crippen LogP) is -0.796. The summed E-state index contributed by atoms with van der Waals surface area (Å²) in [6, 6.07) is 0. The van der Waals surface area contributed by atoms with Crippen LogP contribution in [0.1, 0.15) is 19.3 Å². The quantitative estimate of drug-likeness (QED) is 0.292. The Morgan fingerprint density at radius 3 is 2.56 bits per heavy atom. The number of nitrogens with zero attached hydrogens (tertiary/aromatic N) is 3.